The Morgan fingerprint density at radius 3 is 2.40 bits per heavy atom. The number of amides is 1. The number of furan rings is 1. The third-order valence-corrected chi connectivity index (χ3v) is 10.6. The number of carbonyl (C=O) groups is 1. The molecule has 40 heavy (non-hydrogen) atoms. The number of sulfonamides is 1. The summed E-state index contributed by atoms with van der Waals surface area (Å²) in [7, 11) is -3.70. The molecule has 1 amide bonds. The molecule has 2 aliphatic heterocycles. The van der Waals surface area contributed by atoms with Crippen LogP contribution < -0.4 is 19.8 Å². The molecule has 2 aliphatic carbocycles. The van der Waals surface area contributed by atoms with E-state index in [0.717, 1.165) is 62.2 Å². The maximum atomic E-state index is 13.7. The number of piperidine rings is 1. The number of aliphatic hydroxyl groups is 1. The molecule has 0 bridgehead atoms. The fourth-order valence-corrected chi connectivity index (χ4v) is 7.25. The van der Waals surface area contributed by atoms with Gasteiger partial charge in [-0.15, -0.1) is 0 Å². The zero-order chi connectivity index (χ0) is 27.5. The molecule has 11 heteroatoms. The number of aromatic nitrogens is 1. The zero-order valence-electron chi connectivity index (χ0n) is 22.5. The average molecular weight is 566 g/mol. The predicted molar refractivity (Wildman–Crippen MR) is 155 cm³/mol. The van der Waals surface area contributed by atoms with Gasteiger partial charge in [0.1, 0.15) is 5.82 Å². The molecule has 7 rings (SSSR count). The first-order valence-corrected chi connectivity index (χ1v) is 15.9. The first-order chi connectivity index (χ1) is 19.3. The van der Waals surface area contributed by atoms with Gasteiger partial charge in [-0.3, -0.25) is 9.52 Å². The zero-order valence-corrected chi connectivity index (χ0v) is 23.3. The van der Waals surface area contributed by atoms with Crippen LogP contribution in [0.3, 0.4) is 0 Å². The Kier molecular flexibility index (Phi) is 6.01. The van der Waals surface area contributed by atoms with Gasteiger partial charge in [0.25, 0.3) is 5.91 Å². The van der Waals surface area contributed by atoms with Crippen LogP contribution in [-0.4, -0.2) is 63.0 Å². The van der Waals surface area contributed by atoms with Gasteiger partial charge < -0.3 is 24.6 Å². The second-order valence-electron chi connectivity index (χ2n) is 12.2. The molecule has 10 nitrogen and oxygen atoms in total. The Morgan fingerprint density at radius 1 is 0.975 bits per heavy atom. The lowest BCUT2D eigenvalue weighted by molar-refractivity contribution is 0.102. The van der Waals surface area contributed by atoms with E-state index in [9.17, 15) is 13.2 Å². The molecule has 3 aromatic rings. The minimum atomic E-state index is -3.70. The molecule has 0 unspecified atom stereocenters. The van der Waals surface area contributed by atoms with Crippen molar-refractivity contribution >= 4 is 49.9 Å². The summed E-state index contributed by atoms with van der Waals surface area (Å²) in [5.74, 6) is 0.536. The Morgan fingerprint density at radius 2 is 1.70 bits per heavy atom. The number of hydrogen-bond donors (Lipinski definition) is 3. The summed E-state index contributed by atoms with van der Waals surface area (Å²) in [6.45, 7) is 3.04. The van der Waals surface area contributed by atoms with Crippen molar-refractivity contribution in [3.05, 3.63) is 42.2 Å². The van der Waals surface area contributed by atoms with Crippen LogP contribution in [-0.2, 0) is 10.0 Å². The SMILES string of the molecule is O=C(Nc1cc2ccoc2c(N2CCC3(CC3)C2)n1)c1ccc(NS(=O)(=O)CCO)cc1N1CCC2(CC1)CC2. The van der Waals surface area contributed by atoms with Crippen molar-refractivity contribution in [2.24, 2.45) is 10.8 Å². The number of nitrogens with zero attached hydrogens (tertiary/aromatic N) is 3. The molecular formula is C29H35N5O5S. The second kappa shape index (κ2) is 9.37. The van der Waals surface area contributed by atoms with Gasteiger partial charge in [-0.05, 0) is 86.1 Å². The van der Waals surface area contributed by atoms with Crippen LogP contribution in [0.25, 0.3) is 11.0 Å². The maximum absolute atomic E-state index is 13.7. The van der Waals surface area contributed by atoms with E-state index in [1.54, 1.807) is 24.5 Å². The lowest BCUT2D eigenvalue weighted by Gasteiger charge is -2.35. The van der Waals surface area contributed by atoms with Crippen LogP contribution in [0.1, 0.15) is 55.3 Å². The molecule has 3 N–H and O–H groups in total. The highest BCUT2D eigenvalue weighted by Crippen LogP contribution is 2.55. The highest BCUT2D eigenvalue weighted by molar-refractivity contribution is 7.92. The largest absolute Gasteiger partial charge is 0.460 e. The molecule has 4 fully saturated rings. The fourth-order valence-electron chi connectivity index (χ4n) is 6.42. The van der Waals surface area contributed by atoms with Gasteiger partial charge in [-0.1, -0.05) is 0 Å². The molecule has 2 spiro atoms. The van der Waals surface area contributed by atoms with Gasteiger partial charge in [0.05, 0.1) is 35.6 Å². The topological polar surface area (TPSA) is 128 Å². The van der Waals surface area contributed by atoms with E-state index in [0.29, 0.717) is 33.6 Å². The number of anilines is 4. The summed E-state index contributed by atoms with van der Waals surface area (Å²) >= 11 is 0. The van der Waals surface area contributed by atoms with E-state index in [4.69, 9.17) is 14.5 Å². The predicted octanol–water partition coefficient (Wildman–Crippen LogP) is 4.18. The highest BCUT2D eigenvalue weighted by atomic mass is 32.2. The van der Waals surface area contributed by atoms with E-state index in [1.807, 2.05) is 12.1 Å². The summed E-state index contributed by atoms with van der Waals surface area (Å²) < 4.78 is 33.0. The van der Waals surface area contributed by atoms with Crippen LogP contribution in [0.4, 0.5) is 23.0 Å². The van der Waals surface area contributed by atoms with Gasteiger partial charge >= 0.3 is 0 Å². The molecule has 2 saturated carbocycles. The van der Waals surface area contributed by atoms with Crippen molar-refractivity contribution in [1.29, 1.82) is 0 Å². The number of pyridine rings is 1. The van der Waals surface area contributed by atoms with Crippen LogP contribution in [0, 0.1) is 10.8 Å². The molecule has 1 aromatic carbocycles. The van der Waals surface area contributed by atoms with E-state index in [-0.39, 0.29) is 11.7 Å². The van der Waals surface area contributed by atoms with Gasteiger partial charge in [0, 0.05) is 31.6 Å². The minimum absolute atomic E-state index is 0.298. The monoisotopic (exact) mass is 565 g/mol. The van der Waals surface area contributed by atoms with Crippen molar-refractivity contribution in [3.63, 3.8) is 0 Å². The number of fused-ring (bicyclic) bond motifs is 1. The van der Waals surface area contributed by atoms with Crippen molar-refractivity contribution < 1.29 is 22.7 Å². The van der Waals surface area contributed by atoms with Gasteiger partial charge in [-0.25, -0.2) is 13.4 Å². The first-order valence-electron chi connectivity index (χ1n) is 14.2. The van der Waals surface area contributed by atoms with Crippen LogP contribution >= 0.6 is 0 Å². The second-order valence-corrected chi connectivity index (χ2v) is 14.0. The average Bonchev–Trinajstić information content (AvgIpc) is 3.74. The van der Waals surface area contributed by atoms with E-state index < -0.39 is 16.6 Å². The number of nitrogens with one attached hydrogen (secondary N) is 2. The van der Waals surface area contributed by atoms with Crippen LogP contribution in [0.5, 0.6) is 0 Å². The fraction of sp³-hybridized carbons (Fsp3) is 0.517. The number of aliphatic hydroxyl groups excluding tert-OH is 1. The van der Waals surface area contributed by atoms with E-state index in [1.165, 1.54) is 25.7 Å². The lowest BCUT2D eigenvalue weighted by atomic mass is 9.93. The minimum Gasteiger partial charge on any atom is -0.460 e. The molecule has 2 saturated heterocycles. The molecule has 4 heterocycles. The summed E-state index contributed by atoms with van der Waals surface area (Å²) in [5, 5.41) is 13.0. The van der Waals surface area contributed by atoms with E-state index in [2.05, 4.69) is 19.8 Å². The lowest BCUT2D eigenvalue weighted by Crippen LogP contribution is -2.35. The normalized spacial score (nSPS) is 20.8. The van der Waals surface area contributed by atoms with Crippen molar-refractivity contribution in [2.45, 2.75) is 44.9 Å². The molecule has 212 valence electrons. The Labute approximate surface area is 233 Å². The van der Waals surface area contributed by atoms with E-state index >= 15 is 0 Å². The van der Waals surface area contributed by atoms with Crippen LogP contribution in [0.2, 0.25) is 0 Å². The number of benzene rings is 1. The molecule has 2 aromatic heterocycles. The number of rotatable bonds is 8. The molecule has 0 radical (unpaired) electrons. The number of carbonyl (C=O) groups excluding carboxylic acids is 1. The van der Waals surface area contributed by atoms with Crippen molar-refractivity contribution in [2.75, 3.05) is 58.4 Å². The van der Waals surface area contributed by atoms with Crippen LogP contribution in [0.15, 0.2) is 41.0 Å². The Bertz CT molecular complexity index is 1570. The maximum Gasteiger partial charge on any atom is 0.258 e. The summed E-state index contributed by atoms with van der Waals surface area (Å²) in [6.07, 6.45) is 9.98. The molecule has 0 atom stereocenters. The smallest absolute Gasteiger partial charge is 0.258 e. The first kappa shape index (κ1) is 25.6. The molecule has 4 aliphatic rings. The van der Waals surface area contributed by atoms with Crippen molar-refractivity contribution in [1.82, 2.24) is 4.98 Å². The third kappa shape index (κ3) is 4.89. The molecular weight excluding hydrogens is 530 g/mol. The summed E-state index contributed by atoms with van der Waals surface area (Å²) in [4.78, 5) is 23.0. The third-order valence-electron chi connectivity index (χ3n) is 9.35. The summed E-state index contributed by atoms with van der Waals surface area (Å²) in [6, 6.07) is 8.71. The van der Waals surface area contributed by atoms with Crippen molar-refractivity contribution in [3.8, 4) is 0 Å². The Hall–Kier alpha value is -3.31. The quantitative estimate of drug-likeness (QED) is 0.371. The number of hydrogen-bond acceptors (Lipinski definition) is 8. The summed E-state index contributed by atoms with van der Waals surface area (Å²) in [5.41, 5.74) is 3.13. The highest BCUT2D eigenvalue weighted by Gasteiger charge is 2.48. The van der Waals surface area contributed by atoms with Gasteiger partial charge in [0.15, 0.2) is 11.4 Å². The van der Waals surface area contributed by atoms with Gasteiger partial charge in [-0.2, -0.15) is 0 Å². The Balaban J connectivity index is 1.18. The van der Waals surface area contributed by atoms with Gasteiger partial charge in [0.2, 0.25) is 10.0 Å². The standard InChI is InChI=1S/C29H35N5O5S/c35-14-16-40(37,38)32-21-1-2-22(23(18-21)33-11-8-28(4-5-28)9-12-33)27(36)31-24-17-20-3-15-39-25(20)26(30-24)34-13-10-29(19-34)6-7-29/h1-3,15,17-18,32,35H,4-14,16,19H2,(H,30,31,36).